The summed E-state index contributed by atoms with van der Waals surface area (Å²) in [7, 11) is -3.95. The standard InChI is InChI=1S/C20H22FN3O4S/c1-13-2-7-17(29(27,28)23-16-5-3-15(21)4-6-16)12-18(13)20(26)24-10-8-14(9-11-24)19(22)25/h2-7,12,14,23H,8-11H2,1H3,(H2,22,25). The van der Waals surface area contributed by atoms with Gasteiger partial charge in [-0.05, 0) is 61.7 Å². The first-order valence-corrected chi connectivity index (χ1v) is 10.6. The van der Waals surface area contributed by atoms with E-state index >= 15 is 0 Å². The number of nitrogens with zero attached hydrogens (tertiary/aromatic N) is 1. The van der Waals surface area contributed by atoms with Crippen LogP contribution >= 0.6 is 0 Å². The van der Waals surface area contributed by atoms with E-state index in [1.165, 1.54) is 24.3 Å². The molecule has 3 N–H and O–H groups in total. The Kier molecular flexibility index (Phi) is 5.88. The highest BCUT2D eigenvalue weighted by Gasteiger charge is 2.28. The van der Waals surface area contributed by atoms with E-state index in [1.807, 2.05) is 0 Å². The fourth-order valence-electron chi connectivity index (χ4n) is 3.27. The van der Waals surface area contributed by atoms with Crippen LogP contribution in [-0.4, -0.2) is 38.2 Å². The third kappa shape index (κ3) is 4.73. The van der Waals surface area contributed by atoms with Gasteiger partial charge in [-0.15, -0.1) is 0 Å². The van der Waals surface area contributed by atoms with Crippen molar-refractivity contribution < 1.29 is 22.4 Å². The maximum absolute atomic E-state index is 13.0. The number of primary amides is 1. The third-order valence-corrected chi connectivity index (χ3v) is 6.41. The molecule has 2 amide bonds. The fourth-order valence-corrected chi connectivity index (χ4v) is 4.35. The predicted molar refractivity (Wildman–Crippen MR) is 106 cm³/mol. The van der Waals surface area contributed by atoms with Gasteiger partial charge in [0.1, 0.15) is 5.82 Å². The van der Waals surface area contributed by atoms with Crippen LogP contribution in [0.15, 0.2) is 47.4 Å². The lowest BCUT2D eigenvalue weighted by molar-refractivity contribution is -0.123. The van der Waals surface area contributed by atoms with Gasteiger partial charge >= 0.3 is 0 Å². The van der Waals surface area contributed by atoms with Crippen molar-refractivity contribution in [2.45, 2.75) is 24.7 Å². The van der Waals surface area contributed by atoms with Crippen LogP contribution in [0.3, 0.4) is 0 Å². The number of hydrogen-bond donors (Lipinski definition) is 2. The lowest BCUT2D eigenvalue weighted by atomic mass is 9.95. The summed E-state index contributed by atoms with van der Waals surface area (Å²) in [5, 5.41) is 0. The van der Waals surface area contributed by atoms with Crippen LogP contribution in [0.2, 0.25) is 0 Å². The molecule has 3 rings (SSSR count). The smallest absolute Gasteiger partial charge is 0.261 e. The van der Waals surface area contributed by atoms with E-state index in [9.17, 15) is 22.4 Å². The first-order valence-electron chi connectivity index (χ1n) is 9.15. The zero-order valence-corrected chi connectivity index (χ0v) is 16.7. The molecule has 0 radical (unpaired) electrons. The Labute approximate surface area is 168 Å². The highest BCUT2D eigenvalue weighted by atomic mass is 32.2. The fraction of sp³-hybridized carbons (Fsp3) is 0.300. The number of nitrogens with two attached hydrogens (primary N) is 1. The summed E-state index contributed by atoms with van der Waals surface area (Å²) in [5.41, 5.74) is 6.47. The Balaban J connectivity index is 1.81. The highest BCUT2D eigenvalue weighted by molar-refractivity contribution is 7.92. The summed E-state index contributed by atoms with van der Waals surface area (Å²) in [5.74, 6) is -1.37. The van der Waals surface area contributed by atoms with Crippen LogP contribution in [0.25, 0.3) is 0 Å². The molecular formula is C20H22FN3O4S. The van der Waals surface area contributed by atoms with E-state index in [1.54, 1.807) is 17.9 Å². The average molecular weight is 419 g/mol. The molecule has 0 saturated carbocycles. The quantitative estimate of drug-likeness (QED) is 0.775. The van der Waals surface area contributed by atoms with Crippen molar-refractivity contribution >= 4 is 27.5 Å². The first kappa shape index (κ1) is 20.8. The Hall–Kier alpha value is -2.94. The van der Waals surface area contributed by atoms with Crippen LogP contribution in [0.1, 0.15) is 28.8 Å². The summed E-state index contributed by atoms with van der Waals surface area (Å²) in [4.78, 5) is 25.8. The summed E-state index contributed by atoms with van der Waals surface area (Å²) >= 11 is 0. The number of halogens is 1. The second-order valence-corrected chi connectivity index (χ2v) is 8.74. The van der Waals surface area contributed by atoms with E-state index in [0.29, 0.717) is 31.5 Å². The van der Waals surface area contributed by atoms with Crippen LogP contribution in [0.5, 0.6) is 0 Å². The van der Waals surface area contributed by atoms with Crippen LogP contribution in [0, 0.1) is 18.7 Å². The molecule has 154 valence electrons. The highest BCUT2D eigenvalue weighted by Crippen LogP contribution is 2.23. The first-order chi connectivity index (χ1) is 13.7. The summed E-state index contributed by atoms with van der Waals surface area (Å²) < 4.78 is 40.8. The van der Waals surface area contributed by atoms with Gasteiger partial charge in [0, 0.05) is 30.3 Å². The van der Waals surface area contributed by atoms with Gasteiger partial charge in [-0.1, -0.05) is 6.07 Å². The number of rotatable bonds is 5. The van der Waals surface area contributed by atoms with Gasteiger partial charge in [0.05, 0.1) is 4.90 Å². The number of piperidine rings is 1. The van der Waals surface area contributed by atoms with Crippen molar-refractivity contribution in [1.29, 1.82) is 0 Å². The van der Waals surface area contributed by atoms with E-state index in [0.717, 1.165) is 12.1 Å². The summed E-state index contributed by atoms with van der Waals surface area (Å²) in [6.07, 6.45) is 0.981. The van der Waals surface area contributed by atoms with Gasteiger partial charge in [0.15, 0.2) is 0 Å². The number of sulfonamides is 1. The topological polar surface area (TPSA) is 110 Å². The average Bonchev–Trinajstić information content (AvgIpc) is 2.69. The number of anilines is 1. The van der Waals surface area contributed by atoms with Crippen molar-refractivity contribution in [2.24, 2.45) is 11.7 Å². The van der Waals surface area contributed by atoms with Crippen molar-refractivity contribution in [1.82, 2.24) is 4.90 Å². The molecule has 0 aliphatic carbocycles. The molecule has 2 aromatic carbocycles. The zero-order chi connectivity index (χ0) is 21.2. The van der Waals surface area contributed by atoms with Gasteiger partial charge in [-0.25, -0.2) is 12.8 Å². The molecule has 1 heterocycles. The van der Waals surface area contributed by atoms with Crippen molar-refractivity contribution in [3.05, 3.63) is 59.4 Å². The molecule has 1 fully saturated rings. The second-order valence-electron chi connectivity index (χ2n) is 7.06. The normalized spacial score (nSPS) is 15.2. The zero-order valence-electron chi connectivity index (χ0n) is 15.9. The number of amides is 2. The van der Waals surface area contributed by atoms with Crippen LogP contribution in [-0.2, 0) is 14.8 Å². The van der Waals surface area contributed by atoms with Gasteiger partial charge in [0.2, 0.25) is 5.91 Å². The SMILES string of the molecule is Cc1ccc(S(=O)(=O)Nc2ccc(F)cc2)cc1C(=O)N1CCC(C(N)=O)CC1. The van der Waals surface area contributed by atoms with Crippen molar-refractivity contribution in [2.75, 3.05) is 17.8 Å². The number of likely N-dealkylation sites (tertiary alicyclic amines) is 1. The van der Waals surface area contributed by atoms with Gasteiger partial charge < -0.3 is 10.6 Å². The maximum atomic E-state index is 13.0. The van der Waals surface area contributed by atoms with E-state index in [2.05, 4.69) is 4.72 Å². The molecule has 7 nitrogen and oxygen atoms in total. The number of nitrogens with one attached hydrogen (secondary N) is 1. The molecule has 29 heavy (non-hydrogen) atoms. The minimum atomic E-state index is -3.95. The lowest BCUT2D eigenvalue weighted by Gasteiger charge is -2.31. The molecule has 9 heteroatoms. The minimum absolute atomic E-state index is 0.0669. The van der Waals surface area contributed by atoms with E-state index in [4.69, 9.17) is 5.73 Å². The molecular weight excluding hydrogens is 397 g/mol. The maximum Gasteiger partial charge on any atom is 0.261 e. The monoisotopic (exact) mass is 419 g/mol. The molecule has 0 aromatic heterocycles. The van der Waals surface area contributed by atoms with Crippen molar-refractivity contribution in [3.8, 4) is 0 Å². The Morgan fingerprint density at radius 3 is 2.31 bits per heavy atom. The van der Waals surface area contributed by atoms with Crippen LogP contribution in [0.4, 0.5) is 10.1 Å². The molecule has 2 aromatic rings. The largest absolute Gasteiger partial charge is 0.369 e. The Bertz CT molecular complexity index is 1030. The minimum Gasteiger partial charge on any atom is -0.369 e. The van der Waals surface area contributed by atoms with E-state index < -0.39 is 15.8 Å². The summed E-state index contributed by atoms with van der Waals surface area (Å²) in [6.45, 7) is 2.50. The number of carbonyl (C=O) groups is 2. The third-order valence-electron chi connectivity index (χ3n) is 5.03. The van der Waals surface area contributed by atoms with Crippen molar-refractivity contribution in [3.63, 3.8) is 0 Å². The molecule has 0 atom stereocenters. The molecule has 0 bridgehead atoms. The Morgan fingerprint density at radius 1 is 1.10 bits per heavy atom. The van der Waals surface area contributed by atoms with Gasteiger partial charge in [-0.2, -0.15) is 0 Å². The Morgan fingerprint density at radius 2 is 1.72 bits per heavy atom. The van der Waals surface area contributed by atoms with Crippen LogP contribution < -0.4 is 10.5 Å². The molecule has 0 spiro atoms. The molecule has 0 unspecified atom stereocenters. The second kappa shape index (κ2) is 8.20. The lowest BCUT2D eigenvalue weighted by Crippen LogP contribution is -2.42. The predicted octanol–water partition coefficient (Wildman–Crippen LogP) is 2.27. The number of aryl methyl sites for hydroxylation is 1. The molecule has 1 saturated heterocycles. The van der Waals surface area contributed by atoms with Gasteiger partial charge in [-0.3, -0.25) is 14.3 Å². The number of hydrogen-bond acceptors (Lipinski definition) is 4. The number of carbonyl (C=O) groups excluding carboxylic acids is 2. The molecule has 1 aliphatic heterocycles. The number of benzene rings is 2. The molecule has 1 aliphatic rings. The van der Waals surface area contributed by atoms with E-state index in [-0.39, 0.29) is 33.9 Å². The van der Waals surface area contributed by atoms with Gasteiger partial charge in [0.25, 0.3) is 15.9 Å². The summed E-state index contributed by atoms with van der Waals surface area (Å²) in [6, 6.07) is 9.25.